The van der Waals surface area contributed by atoms with Gasteiger partial charge in [-0.15, -0.1) is 0 Å². The van der Waals surface area contributed by atoms with Crippen LogP contribution in [-0.2, 0) is 15.6 Å². The van der Waals surface area contributed by atoms with Crippen LogP contribution in [-0.4, -0.2) is 30.2 Å². The number of nitrogens with zero attached hydrogens (tertiary/aromatic N) is 1. The lowest BCUT2D eigenvalue weighted by molar-refractivity contribution is -0.123. The predicted octanol–water partition coefficient (Wildman–Crippen LogP) is 2.63. The molecule has 2 aliphatic rings. The Morgan fingerprint density at radius 3 is 2.45 bits per heavy atom. The minimum Gasteiger partial charge on any atom is -0.464 e. The Hall–Kier alpha value is -1.88. The lowest BCUT2D eigenvalue weighted by Gasteiger charge is -2.35. The van der Waals surface area contributed by atoms with Gasteiger partial charge in [0.25, 0.3) is 0 Å². The summed E-state index contributed by atoms with van der Waals surface area (Å²) in [5.41, 5.74) is 1.72. The van der Waals surface area contributed by atoms with Crippen molar-refractivity contribution in [2.45, 2.75) is 44.4 Å². The molecule has 1 spiro atoms. The second kappa shape index (κ2) is 4.81. The zero-order chi connectivity index (χ0) is 16.1. The maximum atomic E-state index is 13.0. The topological polar surface area (TPSA) is 69.6 Å². The van der Waals surface area contributed by atoms with Crippen LogP contribution >= 0.6 is 0 Å². The van der Waals surface area contributed by atoms with Crippen molar-refractivity contribution in [2.24, 2.45) is 0 Å². The van der Waals surface area contributed by atoms with Crippen molar-refractivity contribution in [3.05, 3.63) is 29.3 Å². The molecule has 0 aromatic heterocycles. The van der Waals surface area contributed by atoms with E-state index in [1.54, 1.807) is 6.07 Å². The maximum Gasteiger partial charge on any atom is 0.418 e. The molecule has 1 fully saturated rings. The molecule has 0 saturated carbocycles. The molecule has 2 heterocycles. The first kappa shape index (κ1) is 15.0. The van der Waals surface area contributed by atoms with Crippen molar-refractivity contribution in [3.63, 3.8) is 0 Å². The normalized spacial score (nSPS) is 20.3. The molecule has 0 radical (unpaired) electrons. The third-order valence-corrected chi connectivity index (χ3v) is 4.83. The minimum atomic E-state index is -1.19. The van der Waals surface area contributed by atoms with Gasteiger partial charge in [0.1, 0.15) is 0 Å². The SMILES string of the molecule is CC(C)(C)c1cccc2c1C1(CCNCC1)C(=O)N2C(=O)O. The van der Waals surface area contributed by atoms with Gasteiger partial charge < -0.3 is 10.4 Å². The van der Waals surface area contributed by atoms with Crippen molar-refractivity contribution < 1.29 is 14.7 Å². The van der Waals surface area contributed by atoms with Gasteiger partial charge in [-0.25, -0.2) is 9.69 Å². The molecule has 0 aliphatic carbocycles. The number of carbonyl (C=O) groups is 2. The van der Waals surface area contributed by atoms with E-state index in [9.17, 15) is 14.7 Å². The number of fused-ring (bicyclic) bond motifs is 2. The number of piperidine rings is 1. The highest BCUT2D eigenvalue weighted by Crippen LogP contribution is 2.50. The highest BCUT2D eigenvalue weighted by Gasteiger charge is 2.54. The number of benzene rings is 1. The largest absolute Gasteiger partial charge is 0.464 e. The summed E-state index contributed by atoms with van der Waals surface area (Å²) in [4.78, 5) is 25.6. The Morgan fingerprint density at radius 2 is 1.91 bits per heavy atom. The van der Waals surface area contributed by atoms with Gasteiger partial charge in [0, 0.05) is 0 Å². The van der Waals surface area contributed by atoms with Crippen LogP contribution in [0, 0.1) is 0 Å². The average Bonchev–Trinajstić information content (AvgIpc) is 2.68. The monoisotopic (exact) mass is 302 g/mol. The number of hydrogen-bond donors (Lipinski definition) is 2. The van der Waals surface area contributed by atoms with Crippen LogP contribution in [0.3, 0.4) is 0 Å². The van der Waals surface area contributed by atoms with E-state index in [1.165, 1.54) is 0 Å². The zero-order valence-corrected chi connectivity index (χ0v) is 13.3. The van der Waals surface area contributed by atoms with Gasteiger partial charge in [0.15, 0.2) is 0 Å². The molecule has 2 N–H and O–H groups in total. The lowest BCUT2D eigenvalue weighted by Crippen LogP contribution is -2.49. The van der Waals surface area contributed by atoms with E-state index < -0.39 is 11.5 Å². The van der Waals surface area contributed by atoms with Crippen LogP contribution in [0.1, 0.15) is 44.7 Å². The van der Waals surface area contributed by atoms with E-state index in [4.69, 9.17) is 0 Å². The minimum absolute atomic E-state index is 0.141. The van der Waals surface area contributed by atoms with E-state index in [2.05, 4.69) is 26.1 Å². The molecule has 2 amide bonds. The number of carboxylic acid groups (broad SMARTS) is 1. The van der Waals surface area contributed by atoms with Crippen molar-refractivity contribution in [3.8, 4) is 0 Å². The molecular formula is C17H22N2O3. The fraction of sp³-hybridized carbons (Fsp3) is 0.529. The number of carbonyl (C=O) groups excluding carboxylic acids is 1. The van der Waals surface area contributed by atoms with Gasteiger partial charge in [0.05, 0.1) is 11.1 Å². The van der Waals surface area contributed by atoms with Gasteiger partial charge >= 0.3 is 6.09 Å². The third kappa shape index (κ3) is 1.96. The Bertz CT molecular complexity index is 640. The number of imide groups is 1. The summed E-state index contributed by atoms with van der Waals surface area (Å²) in [6, 6.07) is 5.64. The molecule has 0 atom stereocenters. The molecule has 5 nitrogen and oxygen atoms in total. The van der Waals surface area contributed by atoms with Crippen LogP contribution < -0.4 is 10.2 Å². The van der Waals surface area contributed by atoms with Crippen LogP contribution in [0.2, 0.25) is 0 Å². The maximum absolute atomic E-state index is 13.0. The average molecular weight is 302 g/mol. The standard InChI is InChI=1S/C17H22N2O3/c1-16(2,3)11-5-4-6-12-13(11)17(7-9-18-10-8-17)14(20)19(12)15(21)22/h4-6,18H,7-10H2,1-3H3,(H,21,22). The first-order valence-corrected chi connectivity index (χ1v) is 7.71. The molecule has 1 aromatic carbocycles. The number of amides is 2. The molecule has 0 unspecified atom stereocenters. The second-order valence-corrected chi connectivity index (χ2v) is 7.20. The number of anilines is 1. The van der Waals surface area contributed by atoms with Crippen molar-refractivity contribution >= 4 is 17.7 Å². The van der Waals surface area contributed by atoms with Crippen LogP contribution in [0.25, 0.3) is 0 Å². The van der Waals surface area contributed by atoms with Crippen LogP contribution in [0.4, 0.5) is 10.5 Å². The smallest absolute Gasteiger partial charge is 0.418 e. The third-order valence-electron chi connectivity index (χ3n) is 4.83. The first-order valence-electron chi connectivity index (χ1n) is 7.71. The summed E-state index contributed by atoms with van der Waals surface area (Å²) in [7, 11) is 0. The van der Waals surface area contributed by atoms with E-state index in [0.29, 0.717) is 18.5 Å². The van der Waals surface area contributed by atoms with Crippen molar-refractivity contribution in [1.82, 2.24) is 5.32 Å². The van der Waals surface area contributed by atoms with E-state index in [0.717, 1.165) is 29.1 Å². The first-order chi connectivity index (χ1) is 10.3. The summed E-state index contributed by atoms with van der Waals surface area (Å²) < 4.78 is 0. The molecule has 118 valence electrons. The van der Waals surface area contributed by atoms with Gasteiger partial charge in [-0.2, -0.15) is 0 Å². The van der Waals surface area contributed by atoms with Gasteiger partial charge in [0.2, 0.25) is 5.91 Å². The quantitative estimate of drug-likeness (QED) is 0.773. The van der Waals surface area contributed by atoms with Gasteiger partial charge in [-0.05, 0) is 48.5 Å². The summed E-state index contributed by atoms with van der Waals surface area (Å²) in [6.07, 6.45) is 0.110. The molecule has 22 heavy (non-hydrogen) atoms. The second-order valence-electron chi connectivity index (χ2n) is 7.20. The number of nitrogens with one attached hydrogen (secondary N) is 1. The Kier molecular flexibility index (Phi) is 3.29. The molecular weight excluding hydrogens is 280 g/mol. The fourth-order valence-corrected chi connectivity index (χ4v) is 3.79. The van der Waals surface area contributed by atoms with E-state index in [1.807, 2.05) is 12.1 Å². The summed E-state index contributed by atoms with van der Waals surface area (Å²) >= 11 is 0. The molecule has 0 bridgehead atoms. The fourth-order valence-electron chi connectivity index (χ4n) is 3.79. The highest BCUT2D eigenvalue weighted by molar-refractivity contribution is 6.21. The van der Waals surface area contributed by atoms with Crippen molar-refractivity contribution in [1.29, 1.82) is 0 Å². The Balaban J connectivity index is 2.30. The predicted molar refractivity (Wildman–Crippen MR) is 84.4 cm³/mol. The van der Waals surface area contributed by atoms with E-state index in [-0.39, 0.29) is 11.3 Å². The molecule has 2 aliphatic heterocycles. The van der Waals surface area contributed by atoms with Crippen LogP contribution in [0.15, 0.2) is 18.2 Å². The lowest BCUT2D eigenvalue weighted by atomic mass is 9.69. The molecule has 3 rings (SSSR count). The molecule has 1 saturated heterocycles. The Labute approximate surface area is 130 Å². The van der Waals surface area contributed by atoms with E-state index >= 15 is 0 Å². The Morgan fingerprint density at radius 1 is 1.27 bits per heavy atom. The molecule has 5 heteroatoms. The molecule has 1 aromatic rings. The van der Waals surface area contributed by atoms with Gasteiger partial charge in [-0.1, -0.05) is 32.9 Å². The zero-order valence-electron chi connectivity index (χ0n) is 13.3. The summed E-state index contributed by atoms with van der Waals surface area (Å²) in [6.45, 7) is 7.77. The number of hydrogen-bond acceptors (Lipinski definition) is 3. The summed E-state index contributed by atoms with van der Waals surface area (Å²) in [5.74, 6) is -0.284. The van der Waals surface area contributed by atoms with Crippen LogP contribution in [0.5, 0.6) is 0 Å². The highest BCUT2D eigenvalue weighted by atomic mass is 16.4. The van der Waals surface area contributed by atoms with Gasteiger partial charge in [-0.3, -0.25) is 4.79 Å². The van der Waals surface area contributed by atoms with Crippen molar-refractivity contribution in [2.75, 3.05) is 18.0 Å². The number of rotatable bonds is 0. The summed E-state index contributed by atoms with van der Waals surface area (Å²) in [5, 5.41) is 12.8.